The summed E-state index contributed by atoms with van der Waals surface area (Å²) in [6, 6.07) is 3.81. The van der Waals surface area contributed by atoms with Crippen LogP contribution in [0.4, 0.5) is 13.2 Å². The summed E-state index contributed by atoms with van der Waals surface area (Å²) in [5.74, 6) is -0.394. The monoisotopic (exact) mass is 517 g/mol. The van der Waals surface area contributed by atoms with Crippen LogP contribution in [-0.4, -0.2) is 52.1 Å². The van der Waals surface area contributed by atoms with Gasteiger partial charge < -0.3 is 24.8 Å². The van der Waals surface area contributed by atoms with Crippen molar-refractivity contribution in [1.82, 2.24) is 10.6 Å². The molecule has 1 aromatic rings. The fraction of sp³-hybridized carbons (Fsp3) is 0.611. The molecule has 28 heavy (non-hydrogen) atoms. The van der Waals surface area contributed by atoms with E-state index in [0.717, 1.165) is 25.9 Å². The Hall–Kier alpha value is -1.27. The van der Waals surface area contributed by atoms with Crippen LogP contribution in [0.25, 0.3) is 0 Å². The van der Waals surface area contributed by atoms with Gasteiger partial charge in [0.15, 0.2) is 5.96 Å². The minimum absolute atomic E-state index is 0. The Kier molecular flexibility index (Phi) is 12.2. The Morgan fingerprint density at radius 3 is 2.86 bits per heavy atom. The van der Waals surface area contributed by atoms with Crippen molar-refractivity contribution >= 4 is 29.9 Å². The van der Waals surface area contributed by atoms with Gasteiger partial charge in [-0.15, -0.1) is 24.0 Å². The van der Waals surface area contributed by atoms with Gasteiger partial charge in [-0.05, 0) is 31.4 Å². The van der Waals surface area contributed by atoms with Gasteiger partial charge in [-0.3, -0.25) is 4.99 Å². The summed E-state index contributed by atoms with van der Waals surface area (Å²) in [6.07, 6.45) is 3.09. The maximum atomic E-state index is 13.9. The highest BCUT2D eigenvalue weighted by atomic mass is 127. The summed E-state index contributed by atoms with van der Waals surface area (Å²) in [4.78, 5) is 4.03. The molecule has 1 unspecified atom stereocenters. The molecule has 0 radical (unpaired) electrons. The summed E-state index contributed by atoms with van der Waals surface area (Å²) in [5.41, 5.74) is 0.0145. The van der Waals surface area contributed by atoms with E-state index in [1.54, 1.807) is 7.05 Å². The zero-order valence-corrected chi connectivity index (χ0v) is 18.1. The SMILES string of the molecule is CN=C(NCCCOCC1CCCO1)NCc1c(F)cccc1OC(F)F.I. The quantitative estimate of drug-likeness (QED) is 0.216. The number of halogens is 4. The number of hydrogen-bond donors (Lipinski definition) is 2. The third-order valence-corrected chi connectivity index (χ3v) is 4.03. The molecule has 0 amide bonds. The van der Waals surface area contributed by atoms with Crippen LogP contribution in [0.3, 0.4) is 0 Å². The van der Waals surface area contributed by atoms with Crippen LogP contribution in [0.5, 0.6) is 5.75 Å². The van der Waals surface area contributed by atoms with E-state index in [0.29, 0.717) is 25.7 Å². The van der Waals surface area contributed by atoms with Gasteiger partial charge >= 0.3 is 6.61 Å². The topological polar surface area (TPSA) is 64.1 Å². The Balaban J connectivity index is 0.00000392. The number of nitrogens with zero attached hydrogens (tertiary/aromatic N) is 1. The van der Waals surface area contributed by atoms with Crippen LogP contribution in [0.1, 0.15) is 24.8 Å². The van der Waals surface area contributed by atoms with Gasteiger partial charge in [0, 0.05) is 38.9 Å². The predicted molar refractivity (Wildman–Crippen MR) is 111 cm³/mol. The lowest BCUT2D eigenvalue weighted by Gasteiger charge is -2.15. The van der Waals surface area contributed by atoms with Crippen LogP contribution < -0.4 is 15.4 Å². The summed E-state index contributed by atoms with van der Waals surface area (Å²) < 4.78 is 54.2. The van der Waals surface area contributed by atoms with Crippen molar-refractivity contribution in [2.24, 2.45) is 4.99 Å². The molecule has 0 aliphatic carbocycles. The average Bonchev–Trinajstić information content (AvgIpc) is 3.15. The second-order valence-electron chi connectivity index (χ2n) is 6.01. The summed E-state index contributed by atoms with van der Waals surface area (Å²) in [6.45, 7) is -0.453. The molecule has 2 rings (SSSR count). The van der Waals surface area contributed by atoms with Crippen LogP contribution in [0, 0.1) is 5.82 Å². The van der Waals surface area contributed by atoms with Crippen molar-refractivity contribution < 1.29 is 27.4 Å². The first kappa shape index (κ1) is 24.8. The first-order valence-electron chi connectivity index (χ1n) is 8.96. The van der Waals surface area contributed by atoms with E-state index in [2.05, 4.69) is 20.4 Å². The fourth-order valence-corrected chi connectivity index (χ4v) is 2.68. The lowest BCUT2D eigenvalue weighted by atomic mass is 10.2. The Labute approximate surface area is 180 Å². The van der Waals surface area contributed by atoms with Gasteiger partial charge in [0.25, 0.3) is 0 Å². The zero-order chi connectivity index (χ0) is 19.5. The van der Waals surface area contributed by atoms with Crippen molar-refractivity contribution in [3.8, 4) is 5.75 Å². The van der Waals surface area contributed by atoms with Crippen molar-refractivity contribution in [2.45, 2.75) is 38.5 Å². The lowest BCUT2D eigenvalue weighted by molar-refractivity contribution is -0.0506. The molecule has 1 atom stereocenters. The molecule has 0 bridgehead atoms. The summed E-state index contributed by atoms with van der Waals surface area (Å²) in [5, 5.41) is 5.95. The predicted octanol–water partition coefficient (Wildman–Crippen LogP) is 3.30. The zero-order valence-electron chi connectivity index (χ0n) is 15.8. The van der Waals surface area contributed by atoms with E-state index in [4.69, 9.17) is 9.47 Å². The number of hydrogen-bond acceptors (Lipinski definition) is 4. The molecule has 0 spiro atoms. The highest BCUT2D eigenvalue weighted by Gasteiger charge is 2.15. The number of rotatable bonds is 10. The van der Waals surface area contributed by atoms with E-state index in [-0.39, 0.29) is 47.9 Å². The maximum absolute atomic E-state index is 13.9. The molecule has 6 nitrogen and oxygen atoms in total. The van der Waals surface area contributed by atoms with E-state index < -0.39 is 12.4 Å². The maximum Gasteiger partial charge on any atom is 0.387 e. The van der Waals surface area contributed by atoms with Crippen LogP contribution in [0.15, 0.2) is 23.2 Å². The molecule has 1 aromatic carbocycles. The van der Waals surface area contributed by atoms with E-state index in [9.17, 15) is 13.2 Å². The molecule has 0 saturated carbocycles. The minimum atomic E-state index is -3.02. The molecule has 160 valence electrons. The van der Waals surface area contributed by atoms with Crippen molar-refractivity contribution in [1.29, 1.82) is 0 Å². The Bertz CT molecular complexity index is 603. The number of benzene rings is 1. The lowest BCUT2D eigenvalue weighted by Crippen LogP contribution is -2.38. The van der Waals surface area contributed by atoms with Gasteiger partial charge in [0.2, 0.25) is 0 Å². The largest absolute Gasteiger partial charge is 0.434 e. The molecule has 1 aliphatic heterocycles. The van der Waals surface area contributed by atoms with Gasteiger partial charge in [-0.2, -0.15) is 8.78 Å². The van der Waals surface area contributed by atoms with Gasteiger partial charge in [0.05, 0.1) is 12.7 Å². The highest BCUT2D eigenvalue weighted by Crippen LogP contribution is 2.23. The second kappa shape index (κ2) is 13.8. The molecular formula is C18H27F3IN3O3. The van der Waals surface area contributed by atoms with Crippen LogP contribution >= 0.6 is 24.0 Å². The number of aliphatic imine (C=N–C) groups is 1. The second-order valence-corrected chi connectivity index (χ2v) is 6.01. The number of guanidine groups is 1. The molecule has 0 aromatic heterocycles. The van der Waals surface area contributed by atoms with Gasteiger partial charge in [-0.1, -0.05) is 6.07 Å². The van der Waals surface area contributed by atoms with Crippen molar-refractivity contribution in [3.05, 3.63) is 29.6 Å². The first-order valence-corrected chi connectivity index (χ1v) is 8.96. The molecular weight excluding hydrogens is 490 g/mol. The van der Waals surface area contributed by atoms with Crippen LogP contribution in [-0.2, 0) is 16.0 Å². The number of nitrogens with one attached hydrogen (secondary N) is 2. The first-order chi connectivity index (χ1) is 13.1. The number of alkyl halides is 2. The average molecular weight is 517 g/mol. The van der Waals surface area contributed by atoms with Gasteiger partial charge in [0.1, 0.15) is 11.6 Å². The smallest absolute Gasteiger partial charge is 0.387 e. The fourth-order valence-electron chi connectivity index (χ4n) is 2.68. The molecule has 1 heterocycles. The van der Waals surface area contributed by atoms with Crippen LogP contribution in [0.2, 0.25) is 0 Å². The Morgan fingerprint density at radius 1 is 1.36 bits per heavy atom. The molecule has 1 aliphatic rings. The molecule has 2 N–H and O–H groups in total. The van der Waals surface area contributed by atoms with E-state index in [1.165, 1.54) is 18.2 Å². The molecule has 1 fully saturated rings. The summed E-state index contributed by atoms with van der Waals surface area (Å²) >= 11 is 0. The standard InChI is InChI=1S/C18H26F3N3O3.HI/c1-22-18(23-8-4-9-25-12-13-5-3-10-26-13)24-11-14-15(19)6-2-7-16(14)27-17(20)21;/h2,6-7,13,17H,3-5,8-12H2,1H3,(H2,22,23,24);1H. The van der Waals surface area contributed by atoms with Gasteiger partial charge in [-0.25, -0.2) is 4.39 Å². The highest BCUT2D eigenvalue weighted by molar-refractivity contribution is 14.0. The third-order valence-electron chi connectivity index (χ3n) is 4.03. The molecule has 10 heteroatoms. The third kappa shape index (κ3) is 8.82. The van der Waals surface area contributed by atoms with Crippen molar-refractivity contribution in [3.63, 3.8) is 0 Å². The van der Waals surface area contributed by atoms with E-state index in [1.807, 2.05) is 0 Å². The molecule has 1 saturated heterocycles. The summed E-state index contributed by atoms with van der Waals surface area (Å²) in [7, 11) is 1.57. The normalized spacial score (nSPS) is 16.8. The Morgan fingerprint density at radius 2 is 2.18 bits per heavy atom. The number of ether oxygens (including phenoxy) is 3. The minimum Gasteiger partial charge on any atom is -0.434 e. The van der Waals surface area contributed by atoms with E-state index >= 15 is 0 Å². The van der Waals surface area contributed by atoms with Crippen molar-refractivity contribution in [2.75, 3.05) is 33.4 Å².